The Morgan fingerprint density at radius 2 is 1.88 bits per heavy atom. The molecule has 0 aromatic heterocycles. The lowest BCUT2D eigenvalue weighted by Gasteiger charge is -2.17. The summed E-state index contributed by atoms with van der Waals surface area (Å²) in [5, 5.41) is 3.38. The van der Waals surface area contributed by atoms with E-state index in [2.05, 4.69) is 41.1 Å². The first-order valence-electron chi connectivity index (χ1n) is 6.45. The molecule has 2 heteroatoms. The van der Waals surface area contributed by atoms with Crippen molar-refractivity contribution in [2.24, 2.45) is 0 Å². The molecular weight excluding hydrogens is 208 g/mol. The van der Waals surface area contributed by atoms with Crippen molar-refractivity contribution >= 4 is 5.69 Å². The van der Waals surface area contributed by atoms with Crippen LogP contribution < -0.4 is 10.2 Å². The summed E-state index contributed by atoms with van der Waals surface area (Å²) in [5.41, 5.74) is 3.89. The number of nitrogens with one attached hydrogen (secondary N) is 1. The highest BCUT2D eigenvalue weighted by Crippen LogP contribution is 2.20. The van der Waals surface area contributed by atoms with Gasteiger partial charge in [-0.05, 0) is 37.5 Å². The smallest absolute Gasteiger partial charge is 0.0366 e. The van der Waals surface area contributed by atoms with Gasteiger partial charge < -0.3 is 10.2 Å². The number of rotatable bonds is 5. The van der Waals surface area contributed by atoms with E-state index < -0.39 is 0 Å². The Bertz CT molecular complexity index is 361. The van der Waals surface area contributed by atoms with Crippen LogP contribution in [0.2, 0.25) is 0 Å². The molecule has 1 aromatic rings. The van der Waals surface area contributed by atoms with Crippen molar-refractivity contribution < 1.29 is 0 Å². The van der Waals surface area contributed by atoms with E-state index in [1.807, 2.05) is 6.92 Å². The number of benzene rings is 1. The fraction of sp³-hybridized carbons (Fsp3) is 0.467. The van der Waals surface area contributed by atoms with E-state index in [0.29, 0.717) is 0 Å². The maximum atomic E-state index is 3.88. The zero-order valence-corrected chi connectivity index (χ0v) is 10.7. The van der Waals surface area contributed by atoms with Crippen LogP contribution in [0.5, 0.6) is 0 Å². The highest BCUT2D eigenvalue weighted by atomic mass is 15.1. The number of anilines is 1. The third-order valence-electron chi connectivity index (χ3n) is 3.16. The summed E-state index contributed by atoms with van der Waals surface area (Å²) in [6.07, 6.45) is 2.67. The third kappa shape index (κ3) is 3.60. The van der Waals surface area contributed by atoms with E-state index >= 15 is 0 Å². The minimum Gasteiger partial charge on any atom is -0.372 e. The van der Waals surface area contributed by atoms with E-state index in [1.54, 1.807) is 0 Å². The normalized spacial score (nSPS) is 15.2. The average molecular weight is 230 g/mol. The zero-order valence-electron chi connectivity index (χ0n) is 10.7. The van der Waals surface area contributed by atoms with E-state index in [4.69, 9.17) is 0 Å². The van der Waals surface area contributed by atoms with Crippen LogP contribution in [0.3, 0.4) is 0 Å². The molecule has 1 fully saturated rings. The van der Waals surface area contributed by atoms with Crippen molar-refractivity contribution in [3.05, 3.63) is 42.0 Å². The highest BCUT2D eigenvalue weighted by molar-refractivity contribution is 5.48. The molecule has 92 valence electrons. The van der Waals surface area contributed by atoms with Gasteiger partial charge in [0, 0.05) is 31.9 Å². The van der Waals surface area contributed by atoms with Gasteiger partial charge in [-0.15, -0.1) is 0 Å². The van der Waals surface area contributed by atoms with Crippen LogP contribution in [0.1, 0.15) is 25.3 Å². The van der Waals surface area contributed by atoms with Crippen LogP contribution in [0.15, 0.2) is 36.4 Å². The SMILES string of the molecule is C=C(C)CNCc1ccc(N2CCCC2)cc1. The van der Waals surface area contributed by atoms with Gasteiger partial charge in [0.25, 0.3) is 0 Å². The Hall–Kier alpha value is -1.28. The molecule has 1 aliphatic rings. The van der Waals surface area contributed by atoms with E-state index in [1.165, 1.54) is 42.8 Å². The number of nitrogens with zero attached hydrogens (tertiary/aromatic N) is 1. The summed E-state index contributed by atoms with van der Waals surface area (Å²) in [5.74, 6) is 0. The molecule has 0 amide bonds. The third-order valence-corrected chi connectivity index (χ3v) is 3.16. The lowest BCUT2D eigenvalue weighted by Crippen LogP contribution is -2.18. The van der Waals surface area contributed by atoms with Gasteiger partial charge in [-0.25, -0.2) is 0 Å². The minimum atomic E-state index is 0.897. The van der Waals surface area contributed by atoms with Gasteiger partial charge in [0.2, 0.25) is 0 Å². The molecule has 2 nitrogen and oxygen atoms in total. The number of hydrogen-bond donors (Lipinski definition) is 1. The van der Waals surface area contributed by atoms with Crippen molar-refractivity contribution in [3.63, 3.8) is 0 Å². The largest absolute Gasteiger partial charge is 0.372 e. The van der Waals surface area contributed by atoms with Crippen LogP contribution >= 0.6 is 0 Å². The molecule has 0 radical (unpaired) electrons. The molecule has 17 heavy (non-hydrogen) atoms. The molecule has 1 saturated heterocycles. The standard InChI is InChI=1S/C15H22N2/c1-13(2)11-16-12-14-5-7-15(8-6-14)17-9-3-4-10-17/h5-8,16H,1,3-4,9-12H2,2H3. The first-order chi connectivity index (χ1) is 8.25. The molecule has 0 spiro atoms. The molecule has 0 unspecified atom stereocenters. The second kappa shape index (κ2) is 5.87. The Balaban J connectivity index is 1.86. The molecule has 2 rings (SSSR count). The fourth-order valence-electron chi connectivity index (χ4n) is 2.22. The summed E-state index contributed by atoms with van der Waals surface area (Å²) < 4.78 is 0. The molecule has 1 aromatic carbocycles. The van der Waals surface area contributed by atoms with Crippen LogP contribution in [-0.4, -0.2) is 19.6 Å². The molecule has 0 aliphatic carbocycles. The van der Waals surface area contributed by atoms with E-state index in [9.17, 15) is 0 Å². The lowest BCUT2D eigenvalue weighted by molar-refractivity contribution is 0.741. The van der Waals surface area contributed by atoms with Gasteiger partial charge in [0.05, 0.1) is 0 Å². The van der Waals surface area contributed by atoms with Gasteiger partial charge in [-0.2, -0.15) is 0 Å². The highest BCUT2D eigenvalue weighted by Gasteiger charge is 2.11. The van der Waals surface area contributed by atoms with E-state index in [-0.39, 0.29) is 0 Å². The second-order valence-electron chi connectivity index (χ2n) is 4.92. The summed E-state index contributed by atoms with van der Waals surface area (Å²) in [6, 6.07) is 8.92. The van der Waals surface area contributed by atoms with Crippen molar-refractivity contribution in [2.45, 2.75) is 26.3 Å². The lowest BCUT2D eigenvalue weighted by atomic mass is 10.2. The quantitative estimate of drug-likeness (QED) is 0.782. The van der Waals surface area contributed by atoms with Gasteiger partial charge in [0.15, 0.2) is 0 Å². The van der Waals surface area contributed by atoms with Gasteiger partial charge >= 0.3 is 0 Å². The average Bonchev–Trinajstić information content (AvgIpc) is 2.83. The molecular formula is C15H22N2. The van der Waals surface area contributed by atoms with Crippen LogP contribution in [0.25, 0.3) is 0 Å². The summed E-state index contributed by atoms with van der Waals surface area (Å²) in [6.45, 7) is 10.2. The van der Waals surface area contributed by atoms with Crippen LogP contribution in [-0.2, 0) is 6.54 Å². The zero-order chi connectivity index (χ0) is 12.1. The second-order valence-corrected chi connectivity index (χ2v) is 4.92. The molecule has 1 heterocycles. The molecule has 1 aliphatic heterocycles. The van der Waals surface area contributed by atoms with Crippen LogP contribution in [0.4, 0.5) is 5.69 Å². The van der Waals surface area contributed by atoms with Crippen molar-refractivity contribution in [2.75, 3.05) is 24.5 Å². The van der Waals surface area contributed by atoms with Crippen molar-refractivity contribution in [1.82, 2.24) is 5.32 Å². The van der Waals surface area contributed by atoms with Crippen LogP contribution in [0, 0.1) is 0 Å². The summed E-state index contributed by atoms with van der Waals surface area (Å²) >= 11 is 0. The van der Waals surface area contributed by atoms with Gasteiger partial charge in [0.1, 0.15) is 0 Å². The Kier molecular flexibility index (Phi) is 4.21. The molecule has 1 N–H and O–H groups in total. The monoisotopic (exact) mass is 230 g/mol. The van der Waals surface area contributed by atoms with Gasteiger partial charge in [-0.1, -0.05) is 24.3 Å². The molecule has 0 atom stereocenters. The Morgan fingerprint density at radius 3 is 2.47 bits per heavy atom. The van der Waals surface area contributed by atoms with E-state index in [0.717, 1.165) is 13.1 Å². The van der Waals surface area contributed by atoms with Gasteiger partial charge in [-0.3, -0.25) is 0 Å². The minimum absolute atomic E-state index is 0.897. The maximum absolute atomic E-state index is 3.88. The maximum Gasteiger partial charge on any atom is 0.0366 e. The first-order valence-corrected chi connectivity index (χ1v) is 6.45. The Morgan fingerprint density at radius 1 is 1.24 bits per heavy atom. The predicted octanol–water partition coefficient (Wildman–Crippen LogP) is 2.95. The fourth-order valence-corrected chi connectivity index (χ4v) is 2.22. The number of hydrogen-bond acceptors (Lipinski definition) is 2. The summed E-state index contributed by atoms with van der Waals surface area (Å²) in [7, 11) is 0. The molecule has 0 saturated carbocycles. The van der Waals surface area contributed by atoms with Crippen molar-refractivity contribution in [1.29, 1.82) is 0 Å². The molecule has 0 bridgehead atoms. The predicted molar refractivity (Wildman–Crippen MR) is 74.4 cm³/mol. The first kappa shape index (κ1) is 12.2. The summed E-state index contributed by atoms with van der Waals surface area (Å²) in [4.78, 5) is 2.46. The Labute approximate surface area is 104 Å². The van der Waals surface area contributed by atoms with Crippen molar-refractivity contribution in [3.8, 4) is 0 Å². The topological polar surface area (TPSA) is 15.3 Å².